The van der Waals surface area contributed by atoms with Crippen molar-refractivity contribution in [2.75, 3.05) is 11.4 Å². The van der Waals surface area contributed by atoms with E-state index in [2.05, 4.69) is 5.10 Å². The van der Waals surface area contributed by atoms with Crippen LogP contribution in [0.2, 0.25) is 5.15 Å². The summed E-state index contributed by atoms with van der Waals surface area (Å²) in [6, 6.07) is 19.5. The third kappa shape index (κ3) is 3.59. The van der Waals surface area contributed by atoms with Gasteiger partial charge >= 0.3 is 0 Å². The molecule has 5 heteroatoms. The lowest BCUT2D eigenvalue weighted by atomic mass is 10.2. The van der Waals surface area contributed by atoms with Crippen LogP contribution in [-0.4, -0.2) is 22.2 Å². The van der Waals surface area contributed by atoms with Gasteiger partial charge in [0.15, 0.2) is 0 Å². The Labute approximate surface area is 152 Å². The minimum Gasteiger partial charge on any atom is -0.308 e. The number of carbonyl (C=O) groups excluding carboxylic acids is 1. The smallest absolute Gasteiger partial charge is 0.263 e. The van der Waals surface area contributed by atoms with Crippen molar-refractivity contribution >= 4 is 23.2 Å². The quantitative estimate of drug-likeness (QED) is 0.674. The van der Waals surface area contributed by atoms with Crippen LogP contribution >= 0.6 is 11.6 Å². The van der Waals surface area contributed by atoms with E-state index in [0.717, 1.165) is 11.3 Å². The van der Waals surface area contributed by atoms with Crippen molar-refractivity contribution in [2.24, 2.45) is 0 Å². The predicted octanol–water partition coefficient (Wildman–Crippen LogP) is 4.56. The molecule has 3 rings (SSSR count). The molecule has 0 radical (unpaired) electrons. The minimum atomic E-state index is -0.129. The van der Waals surface area contributed by atoms with Crippen LogP contribution in [0.3, 0.4) is 0 Å². The SMILES string of the molecule is CCN(C(=O)c1c(C)nn(Cc2ccccc2)c1Cl)c1ccccc1. The van der Waals surface area contributed by atoms with Crippen molar-refractivity contribution in [3.05, 3.63) is 82.6 Å². The van der Waals surface area contributed by atoms with Crippen LogP contribution in [0.25, 0.3) is 0 Å². The van der Waals surface area contributed by atoms with Gasteiger partial charge in [-0.1, -0.05) is 60.1 Å². The van der Waals surface area contributed by atoms with Gasteiger partial charge in [0.25, 0.3) is 5.91 Å². The predicted molar refractivity (Wildman–Crippen MR) is 101 cm³/mol. The number of hydrogen-bond acceptors (Lipinski definition) is 2. The summed E-state index contributed by atoms with van der Waals surface area (Å²) in [6.07, 6.45) is 0. The van der Waals surface area contributed by atoms with E-state index < -0.39 is 0 Å². The van der Waals surface area contributed by atoms with Gasteiger partial charge in [-0.2, -0.15) is 5.10 Å². The number of benzene rings is 2. The molecule has 4 nitrogen and oxygen atoms in total. The maximum Gasteiger partial charge on any atom is 0.263 e. The van der Waals surface area contributed by atoms with E-state index in [4.69, 9.17) is 11.6 Å². The average Bonchev–Trinajstić information content (AvgIpc) is 2.91. The zero-order valence-corrected chi connectivity index (χ0v) is 15.1. The lowest BCUT2D eigenvalue weighted by molar-refractivity contribution is 0.0988. The van der Waals surface area contributed by atoms with Crippen LogP contribution in [0.4, 0.5) is 5.69 Å². The third-order valence-corrected chi connectivity index (χ3v) is 4.47. The Kier molecular flexibility index (Phi) is 5.19. The Morgan fingerprint density at radius 1 is 1.08 bits per heavy atom. The summed E-state index contributed by atoms with van der Waals surface area (Å²) in [5, 5.41) is 4.85. The Morgan fingerprint density at radius 3 is 2.28 bits per heavy atom. The molecule has 1 aromatic heterocycles. The highest BCUT2D eigenvalue weighted by Crippen LogP contribution is 2.25. The first-order valence-electron chi connectivity index (χ1n) is 8.25. The number of halogens is 1. The molecule has 0 aliphatic rings. The number of rotatable bonds is 5. The summed E-state index contributed by atoms with van der Waals surface area (Å²) >= 11 is 6.52. The van der Waals surface area contributed by atoms with Gasteiger partial charge in [0, 0.05) is 12.2 Å². The summed E-state index contributed by atoms with van der Waals surface area (Å²) in [4.78, 5) is 14.8. The first-order valence-corrected chi connectivity index (χ1v) is 8.63. The molecular formula is C20H20ClN3O. The molecule has 0 atom stereocenters. The summed E-state index contributed by atoms with van der Waals surface area (Å²) in [5.41, 5.74) is 3.03. The van der Waals surface area contributed by atoms with Crippen LogP contribution in [0.1, 0.15) is 28.5 Å². The molecule has 2 aromatic carbocycles. The van der Waals surface area contributed by atoms with E-state index in [0.29, 0.717) is 29.5 Å². The molecule has 0 bridgehead atoms. The van der Waals surface area contributed by atoms with Gasteiger partial charge < -0.3 is 4.90 Å². The van der Waals surface area contributed by atoms with Gasteiger partial charge in [-0.25, -0.2) is 4.68 Å². The Bertz CT molecular complexity index is 859. The van der Waals surface area contributed by atoms with Gasteiger partial charge in [-0.05, 0) is 31.5 Å². The fourth-order valence-corrected chi connectivity index (χ4v) is 3.16. The molecule has 0 saturated heterocycles. The fourth-order valence-electron chi connectivity index (χ4n) is 2.84. The zero-order chi connectivity index (χ0) is 17.8. The highest BCUT2D eigenvalue weighted by molar-refractivity contribution is 6.33. The fraction of sp³-hybridized carbons (Fsp3) is 0.200. The van der Waals surface area contributed by atoms with Crippen molar-refractivity contribution in [1.29, 1.82) is 0 Å². The lowest BCUT2D eigenvalue weighted by Gasteiger charge is -2.21. The molecule has 25 heavy (non-hydrogen) atoms. The normalized spacial score (nSPS) is 10.7. The minimum absolute atomic E-state index is 0.129. The van der Waals surface area contributed by atoms with Crippen LogP contribution in [-0.2, 0) is 6.54 Å². The standard InChI is InChI=1S/C20H20ClN3O/c1-3-23(17-12-8-5-9-13-17)20(25)18-15(2)22-24(19(18)21)14-16-10-6-4-7-11-16/h4-13H,3,14H2,1-2H3. The summed E-state index contributed by atoms with van der Waals surface area (Å²) in [7, 11) is 0. The highest BCUT2D eigenvalue weighted by atomic mass is 35.5. The second-order valence-electron chi connectivity index (χ2n) is 5.78. The molecule has 0 saturated carbocycles. The van der Waals surface area contributed by atoms with E-state index >= 15 is 0 Å². The second kappa shape index (κ2) is 7.53. The Morgan fingerprint density at radius 2 is 1.68 bits per heavy atom. The van der Waals surface area contributed by atoms with Gasteiger partial charge in [0.1, 0.15) is 5.15 Å². The Hall–Kier alpha value is -2.59. The maximum atomic E-state index is 13.1. The molecule has 3 aromatic rings. The number of carbonyl (C=O) groups is 1. The summed E-state index contributed by atoms with van der Waals surface area (Å²) < 4.78 is 1.68. The number of hydrogen-bond donors (Lipinski definition) is 0. The van der Waals surface area contributed by atoms with Crippen molar-refractivity contribution in [2.45, 2.75) is 20.4 Å². The van der Waals surface area contributed by atoms with Crippen LogP contribution < -0.4 is 4.90 Å². The first-order chi connectivity index (χ1) is 12.1. The van der Waals surface area contributed by atoms with E-state index in [1.165, 1.54) is 0 Å². The average molecular weight is 354 g/mol. The number of aromatic nitrogens is 2. The zero-order valence-electron chi connectivity index (χ0n) is 14.3. The number of aryl methyl sites for hydroxylation is 1. The molecular weight excluding hydrogens is 334 g/mol. The van der Waals surface area contributed by atoms with Gasteiger partial charge in [0.2, 0.25) is 0 Å². The van der Waals surface area contributed by atoms with Gasteiger partial charge in [-0.3, -0.25) is 4.79 Å². The molecule has 128 valence electrons. The monoisotopic (exact) mass is 353 g/mol. The summed E-state index contributed by atoms with van der Waals surface area (Å²) in [6.45, 7) is 4.86. The van der Waals surface area contributed by atoms with Crippen molar-refractivity contribution < 1.29 is 4.79 Å². The largest absolute Gasteiger partial charge is 0.308 e. The highest BCUT2D eigenvalue weighted by Gasteiger charge is 2.25. The molecule has 0 spiro atoms. The first kappa shape index (κ1) is 17.2. The van der Waals surface area contributed by atoms with Crippen LogP contribution in [0.5, 0.6) is 0 Å². The summed E-state index contributed by atoms with van der Waals surface area (Å²) in [5.74, 6) is -0.129. The van der Waals surface area contributed by atoms with Crippen LogP contribution in [0, 0.1) is 6.92 Å². The van der Waals surface area contributed by atoms with Crippen molar-refractivity contribution in [3.8, 4) is 0 Å². The molecule has 0 aliphatic heterocycles. The van der Waals surface area contributed by atoms with E-state index in [1.54, 1.807) is 9.58 Å². The maximum absolute atomic E-state index is 13.1. The molecule has 0 fully saturated rings. The van der Waals surface area contributed by atoms with E-state index in [-0.39, 0.29) is 5.91 Å². The van der Waals surface area contributed by atoms with Gasteiger partial charge in [0.05, 0.1) is 17.8 Å². The number of anilines is 1. The number of amides is 1. The van der Waals surface area contributed by atoms with E-state index in [9.17, 15) is 4.79 Å². The number of nitrogens with zero attached hydrogens (tertiary/aromatic N) is 3. The lowest BCUT2D eigenvalue weighted by Crippen LogP contribution is -2.31. The molecule has 0 aliphatic carbocycles. The molecule has 0 unspecified atom stereocenters. The molecule has 1 amide bonds. The molecule has 1 heterocycles. The Balaban J connectivity index is 1.93. The third-order valence-electron chi connectivity index (χ3n) is 4.08. The van der Waals surface area contributed by atoms with Crippen molar-refractivity contribution in [1.82, 2.24) is 9.78 Å². The second-order valence-corrected chi connectivity index (χ2v) is 6.14. The molecule has 0 N–H and O–H groups in total. The number of para-hydroxylation sites is 1. The van der Waals surface area contributed by atoms with Crippen LogP contribution in [0.15, 0.2) is 60.7 Å². The van der Waals surface area contributed by atoms with Crippen molar-refractivity contribution in [3.63, 3.8) is 0 Å². The van der Waals surface area contributed by atoms with E-state index in [1.807, 2.05) is 74.5 Å². The van der Waals surface area contributed by atoms with Gasteiger partial charge in [-0.15, -0.1) is 0 Å². The topological polar surface area (TPSA) is 38.1 Å².